The molecular weight excluding hydrogens is 184 g/mol. The van der Waals surface area contributed by atoms with Crippen molar-refractivity contribution < 1.29 is 4.74 Å². The Morgan fingerprint density at radius 1 is 1.00 bits per heavy atom. The zero-order valence-corrected chi connectivity index (χ0v) is 9.58. The molecule has 2 rings (SSSR count). The lowest BCUT2D eigenvalue weighted by Crippen LogP contribution is -2.03. The van der Waals surface area contributed by atoms with E-state index in [4.69, 9.17) is 4.74 Å². The van der Waals surface area contributed by atoms with Crippen LogP contribution in [0.15, 0.2) is 24.7 Å². The van der Waals surface area contributed by atoms with Crippen molar-refractivity contribution in [3.63, 3.8) is 0 Å². The number of rotatable bonds is 4. The van der Waals surface area contributed by atoms with E-state index in [1.54, 1.807) is 6.26 Å². The molecule has 0 aromatic rings. The van der Waals surface area contributed by atoms with E-state index in [2.05, 4.69) is 12.7 Å². The van der Waals surface area contributed by atoms with Gasteiger partial charge in [-0.2, -0.15) is 0 Å². The highest BCUT2D eigenvalue weighted by molar-refractivity contribution is 5.05. The second-order valence-electron chi connectivity index (χ2n) is 4.88. The predicted octanol–water partition coefficient (Wildman–Crippen LogP) is 4.41. The minimum Gasteiger partial charge on any atom is -0.470 e. The summed E-state index contributed by atoms with van der Waals surface area (Å²) in [6, 6.07) is 0. The number of ether oxygens (including phenoxy) is 1. The van der Waals surface area contributed by atoms with E-state index in [0.717, 1.165) is 5.92 Å². The highest BCUT2D eigenvalue weighted by Crippen LogP contribution is 2.35. The fraction of sp³-hybridized carbons (Fsp3) is 0.714. The summed E-state index contributed by atoms with van der Waals surface area (Å²) in [5.41, 5.74) is 0. The summed E-state index contributed by atoms with van der Waals surface area (Å²) >= 11 is 0. The molecule has 2 aliphatic rings. The van der Waals surface area contributed by atoms with Crippen molar-refractivity contribution in [1.82, 2.24) is 0 Å². The van der Waals surface area contributed by atoms with Crippen LogP contribution in [0.4, 0.5) is 0 Å². The first-order valence-electron chi connectivity index (χ1n) is 6.39. The molecule has 0 atom stereocenters. The van der Waals surface area contributed by atoms with Gasteiger partial charge in [-0.3, -0.25) is 0 Å². The molecule has 0 unspecified atom stereocenters. The van der Waals surface area contributed by atoms with Crippen LogP contribution < -0.4 is 0 Å². The number of hydrogen-bond acceptors (Lipinski definition) is 1. The zero-order chi connectivity index (χ0) is 10.5. The molecule has 0 amide bonds. The SMILES string of the molecule is C=CO/C(=C\C1CCCC1)C1CCCC1. The molecular formula is C14H22O. The third-order valence-electron chi connectivity index (χ3n) is 3.78. The zero-order valence-electron chi connectivity index (χ0n) is 9.58. The maximum atomic E-state index is 5.61. The van der Waals surface area contributed by atoms with Crippen LogP contribution in [0.2, 0.25) is 0 Å². The van der Waals surface area contributed by atoms with Crippen LogP contribution in [-0.4, -0.2) is 0 Å². The van der Waals surface area contributed by atoms with Crippen LogP contribution in [-0.2, 0) is 4.74 Å². The molecule has 2 saturated carbocycles. The lowest BCUT2D eigenvalue weighted by Gasteiger charge is -2.15. The van der Waals surface area contributed by atoms with Gasteiger partial charge in [0.2, 0.25) is 0 Å². The monoisotopic (exact) mass is 206 g/mol. The van der Waals surface area contributed by atoms with Gasteiger partial charge in [0.05, 0.1) is 6.26 Å². The lowest BCUT2D eigenvalue weighted by molar-refractivity contribution is 0.285. The molecule has 2 aliphatic carbocycles. The Morgan fingerprint density at radius 3 is 2.20 bits per heavy atom. The maximum absolute atomic E-state index is 5.61. The molecule has 1 nitrogen and oxygen atoms in total. The first kappa shape index (κ1) is 10.8. The first-order valence-corrected chi connectivity index (χ1v) is 6.39. The van der Waals surface area contributed by atoms with Gasteiger partial charge >= 0.3 is 0 Å². The van der Waals surface area contributed by atoms with Gasteiger partial charge in [-0.15, -0.1) is 0 Å². The molecule has 0 heterocycles. The summed E-state index contributed by atoms with van der Waals surface area (Å²) in [6.07, 6.45) is 14.9. The Kier molecular flexibility index (Phi) is 3.87. The molecule has 0 saturated heterocycles. The Bertz CT molecular complexity index is 230. The van der Waals surface area contributed by atoms with Gasteiger partial charge in [0, 0.05) is 5.92 Å². The van der Waals surface area contributed by atoms with Gasteiger partial charge in [0.15, 0.2) is 0 Å². The van der Waals surface area contributed by atoms with Crippen LogP contribution >= 0.6 is 0 Å². The molecule has 0 bridgehead atoms. The van der Waals surface area contributed by atoms with Crippen molar-refractivity contribution in [1.29, 1.82) is 0 Å². The van der Waals surface area contributed by atoms with Crippen LogP contribution in [0.25, 0.3) is 0 Å². The van der Waals surface area contributed by atoms with E-state index in [-0.39, 0.29) is 0 Å². The van der Waals surface area contributed by atoms with Gasteiger partial charge in [-0.25, -0.2) is 0 Å². The average molecular weight is 206 g/mol. The van der Waals surface area contributed by atoms with Gasteiger partial charge in [0.25, 0.3) is 0 Å². The summed E-state index contributed by atoms with van der Waals surface area (Å²) in [5, 5.41) is 0. The third-order valence-corrected chi connectivity index (χ3v) is 3.78. The molecule has 0 N–H and O–H groups in total. The van der Waals surface area contributed by atoms with Crippen LogP contribution in [0.3, 0.4) is 0 Å². The highest BCUT2D eigenvalue weighted by Gasteiger charge is 2.22. The fourth-order valence-corrected chi connectivity index (χ4v) is 2.93. The molecule has 0 aromatic heterocycles. The summed E-state index contributed by atoms with van der Waals surface area (Å²) in [6.45, 7) is 3.68. The minimum absolute atomic E-state index is 0.684. The topological polar surface area (TPSA) is 9.23 Å². The largest absolute Gasteiger partial charge is 0.470 e. The predicted molar refractivity (Wildman–Crippen MR) is 63.3 cm³/mol. The van der Waals surface area contributed by atoms with Crippen LogP contribution in [0.5, 0.6) is 0 Å². The van der Waals surface area contributed by atoms with Gasteiger partial charge < -0.3 is 4.74 Å². The molecule has 1 heteroatoms. The van der Waals surface area contributed by atoms with E-state index in [1.165, 1.54) is 57.1 Å². The summed E-state index contributed by atoms with van der Waals surface area (Å²) < 4.78 is 5.61. The Labute approximate surface area is 93.2 Å². The van der Waals surface area contributed by atoms with Gasteiger partial charge in [0.1, 0.15) is 5.76 Å². The second-order valence-corrected chi connectivity index (χ2v) is 4.88. The molecule has 2 fully saturated rings. The van der Waals surface area contributed by atoms with Crippen molar-refractivity contribution in [2.24, 2.45) is 11.8 Å². The molecule has 0 radical (unpaired) electrons. The third kappa shape index (κ3) is 2.87. The van der Waals surface area contributed by atoms with Gasteiger partial charge in [-0.05, 0) is 37.7 Å². The lowest BCUT2D eigenvalue weighted by atomic mass is 10.00. The van der Waals surface area contributed by atoms with Crippen molar-refractivity contribution in [3.05, 3.63) is 24.7 Å². The van der Waals surface area contributed by atoms with Crippen LogP contribution in [0.1, 0.15) is 51.4 Å². The summed E-state index contributed by atoms with van der Waals surface area (Å²) in [4.78, 5) is 0. The average Bonchev–Trinajstić information content (AvgIpc) is 2.89. The number of allylic oxidation sites excluding steroid dienone is 2. The van der Waals surface area contributed by atoms with Crippen molar-refractivity contribution in [2.75, 3.05) is 0 Å². The Balaban J connectivity index is 1.99. The van der Waals surface area contributed by atoms with E-state index in [0.29, 0.717) is 5.92 Å². The number of hydrogen-bond donors (Lipinski definition) is 0. The maximum Gasteiger partial charge on any atom is 0.102 e. The van der Waals surface area contributed by atoms with Crippen LogP contribution in [0, 0.1) is 11.8 Å². The van der Waals surface area contributed by atoms with Crippen molar-refractivity contribution in [2.45, 2.75) is 51.4 Å². The van der Waals surface area contributed by atoms with E-state index < -0.39 is 0 Å². The smallest absolute Gasteiger partial charge is 0.102 e. The summed E-state index contributed by atoms with van der Waals surface area (Å²) in [5.74, 6) is 2.68. The van der Waals surface area contributed by atoms with Gasteiger partial charge in [-0.1, -0.05) is 32.3 Å². The standard InChI is InChI=1S/C14H22O/c1-2-15-14(13-9-5-6-10-13)11-12-7-3-4-8-12/h2,11-13H,1,3-10H2/b14-11-. The minimum atomic E-state index is 0.684. The highest BCUT2D eigenvalue weighted by atomic mass is 16.5. The molecule has 0 aliphatic heterocycles. The van der Waals surface area contributed by atoms with Crippen molar-refractivity contribution >= 4 is 0 Å². The Morgan fingerprint density at radius 2 is 1.60 bits per heavy atom. The Hall–Kier alpha value is -0.720. The molecule has 15 heavy (non-hydrogen) atoms. The first-order chi connectivity index (χ1) is 7.40. The normalized spacial score (nSPS) is 24.7. The quantitative estimate of drug-likeness (QED) is 0.619. The second kappa shape index (κ2) is 5.39. The van der Waals surface area contributed by atoms with Crippen molar-refractivity contribution in [3.8, 4) is 0 Å². The molecule has 0 aromatic carbocycles. The molecule has 0 spiro atoms. The molecule has 84 valence electrons. The fourth-order valence-electron chi connectivity index (χ4n) is 2.93. The summed E-state index contributed by atoms with van der Waals surface area (Å²) in [7, 11) is 0. The van der Waals surface area contributed by atoms with E-state index in [9.17, 15) is 0 Å². The van der Waals surface area contributed by atoms with E-state index >= 15 is 0 Å². The van der Waals surface area contributed by atoms with E-state index in [1.807, 2.05) is 0 Å².